The number of carboxylic acid groups (broad SMARTS) is 4. The molecular weight excluding hydrogens is 180 g/mol. The van der Waals surface area contributed by atoms with Gasteiger partial charge in [0.05, 0.1) is 7.11 Å². The zero-order chi connectivity index (χ0) is 10.6. The summed E-state index contributed by atoms with van der Waals surface area (Å²) in [4.78, 5) is 20.7. The quantitative estimate of drug-likeness (QED) is 0.292. The summed E-state index contributed by atoms with van der Waals surface area (Å²) in [5.41, 5.74) is 0. The summed E-state index contributed by atoms with van der Waals surface area (Å²) in [6.45, 7) is 0. The molecule has 0 unspecified atom stereocenters. The highest BCUT2D eigenvalue weighted by Gasteiger charge is 1.70. The van der Waals surface area contributed by atoms with Crippen molar-refractivity contribution in [2.45, 2.75) is 0 Å². The minimum Gasteiger partial charge on any atom is -0.450 e. The zero-order valence-corrected chi connectivity index (χ0v) is 5.87. The molecule has 0 aliphatic rings. The molecular formula is C3H8O9. The van der Waals surface area contributed by atoms with E-state index in [0.29, 0.717) is 0 Å². The molecule has 0 radical (unpaired) electrons. The first-order valence-electron chi connectivity index (χ1n) is 2.06. The van der Waals surface area contributed by atoms with Gasteiger partial charge in [0, 0.05) is 0 Å². The standard InChI is InChI=1S/CH4O3.2CH2O3/c1-3-4-2;2*2-1(3)4/h2H,1H3;2*(H2,2,3,4). The van der Waals surface area contributed by atoms with Crippen LogP contribution in [0.1, 0.15) is 0 Å². The van der Waals surface area contributed by atoms with E-state index >= 15 is 0 Å². The van der Waals surface area contributed by atoms with Crippen molar-refractivity contribution < 1.29 is 45.2 Å². The van der Waals surface area contributed by atoms with E-state index in [1.54, 1.807) is 0 Å². The maximum atomic E-state index is 8.56. The number of hydrogen-bond acceptors (Lipinski definition) is 5. The van der Waals surface area contributed by atoms with Crippen LogP contribution in [0.4, 0.5) is 9.59 Å². The van der Waals surface area contributed by atoms with Gasteiger partial charge < -0.3 is 20.4 Å². The second kappa shape index (κ2) is 16.2. The van der Waals surface area contributed by atoms with Gasteiger partial charge >= 0.3 is 12.3 Å². The van der Waals surface area contributed by atoms with Gasteiger partial charge in [0.2, 0.25) is 0 Å². The minimum absolute atomic E-state index is 1.21. The van der Waals surface area contributed by atoms with Gasteiger partial charge in [-0.3, -0.25) is 0 Å². The lowest BCUT2D eigenvalue weighted by Crippen LogP contribution is -1.81. The Balaban J connectivity index is -0.000000101. The molecule has 0 amide bonds. The van der Waals surface area contributed by atoms with Crippen molar-refractivity contribution in [3.63, 3.8) is 0 Å². The third-order valence-electron chi connectivity index (χ3n) is 0.0745. The summed E-state index contributed by atoms with van der Waals surface area (Å²) in [6.07, 6.45) is -3.67. The molecule has 0 fully saturated rings. The van der Waals surface area contributed by atoms with Gasteiger partial charge in [0.25, 0.3) is 0 Å². The number of carbonyl (C=O) groups is 2. The van der Waals surface area contributed by atoms with Crippen LogP contribution in [-0.4, -0.2) is 45.1 Å². The molecule has 9 heteroatoms. The molecule has 0 bridgehead atoms. The van der Waals surface area contributed by atoms with Crippen LogP contribution >= 0.6 is 0 Å². The molecule has 0 heterocycles. The van der Waals surface area contributed by atoms with E-state index in [0.717, 1.165) is 0 Å². The van der Waals surface area contributed by atoms with Crippen LogP contribution in [-0.2, 0) is 9.93 Å². The Morgan fingerprint density at radius 2 is 1.08 bits per heavy atom. The molecule has 0 atom stereocenters. The summed E-state index contributed by atoms with van der Waals surface area (Å²) in [5, 5.41) is 38.1. The van der Waals surface area contributed by atoms with Gasteiger partial charge in [-0.15, -0.1) is 0 Å². The number of rotatable bonds is 1. The van der Waals surface area contributed by atoms with Crippen LogP contribution in [0.5, 0.6) is 0 Å². The fraction of sp³-hybridized carbons (Fsp3) is 0.333. The Bertz CT molecular complexity index is 86.3. The summed E-state index contributed by atoms with van der Waals surface area (Å²) in [5.74, 6) is 0. The van der Waals surface area contributed by atoms with E-state index in [1.807, 2.05) is 0 Å². The normalized spacial score (nSPS) is 6.50. The maximum Gasteiger partial charge on any atom is 0.503 e. The van der Waals surface area contributed by atoms with Gasteiger partial charge in [-0.25, -0.2) is 19.7 Å². The largest absolute Gasteiger partial charge is 0.503 e. The first kappa shape index (κ1) is 16.8. The van der Waals surface area contributed by atoms with Crippen LogP contribution in [0, 0.1) is 0 Å². The Morgan fingerprint density at radius 3 is 1.08 bits per heavy atom. The molecule has 0 aliphatic carbocycles. The Morgan fingerprint density at radius 1 is 1.00 bits per heavy atom. The maximum absolute atomic E-state index is 8.56. The van der Waals surface area contributed by atoms with Gasteiger partial charge in [-0.05, 0) is 0 Å². The second-order valence-corrected chi connectivity index (χ2v) is 0.806. The van der Waals surface area contributed by atoms with E-state index in [4.69, 9.17) is 35.3 Å². The molecule has 0 spiro atoms. The molecule has 0 aromatic rings. The lowest BCUT2D eigenvalue weighted by Gasteiger charge is -1.74. The van der Waals surface area contributed by atoms with E-state index in [9.17, 15) is 0 Å². The Kier molecular flexibility index (Phi) is 22.7. The molecule has 0 aliphatic heterocycles. The average Bonchev–Trinajstić information content (AvgIpc) is 1.85. The first-order chi connectivity index (χ1) is 5.38. The summed E-state index contributed by atoms with van der Waals surface area (Å²) < 4.78 is 0. The molecule has 0 rings (SSSR count). The van der Waals surface area contributed by atoms with E-state index in [2.05, 4.69) is 9.93 Å². The molecule has 0 aromatic carbocycles. The predicted octanol–water partition coefficient (Wildman–Crippen LogP) is 0.482. The zero-order valence-electron chi connectivity index (χ0n) is 5.87. The monoisotopic (exact) mass is 188 g/mol. The van der Waals surface area contributed by atoms with Crippen molar-refractivity contribution in [2.24, 2.45) is 0 Å². The SMILES string of the molecule is COOO.O=C(O)O.O=C(O)O. The lowest BCUT2D eigenvalue weighted by molar-refractivity contribution is -0.479. The van der Waals surface area contributed by atoms with Crippen molar-refractivity contribution >= 4 is 12.3 Å². The third-order valence-corrected chi connectivity index (χ3v) is 0.0745. The van der Waals surface area contributed by atoms with E-state index in [1.165, 1.54) is 7.11 Å². The van der Waals surface area contributed by atoms with Crippen LogP contribution < -0.4 is 0 Å². The molecule has 0 saturated carbocycles. The van der Waals surface area contributed by atoms with Gasteiger partial charge in [-0.1, -0.05) is 5.04 Å². The summed E-state index contributed by atoms with van der Waals surface area (Å²) >= 11 is 0. The number of hydrogen-bond donors (Lipinski definition) is 5. The predicted molar refractivity (Wildman–Crippen MR) is 32.0 cm³/mol. The van der Waals surface area contributed by atoms with Crippen LogP contribution in [0.15, 0.2) is 0 Å². The van der Waals surface area contributed by atoms with Crippen molar-refractivity contribution in [2.75, 3.05) is 7.11 Å². The van der Waals surface area contributed by atoms with Crippen LogP contribution in [0.2, 0.25) is 0 Å². The van der Waals surface area contributed by atoms with Crippen molar-refractivity contribution in [3.8, 4) is 0 Å². The van der Waals surface area contributed by atoms with E-state index < -0.39 is 12.3 Å². The summed E-state index contributed by atoms with van der Waals surface area (Å²) in [7, 11) is 1.21. The fourth-order valence-corrected chi connectivity index (χ4v) is 0. The highest BCUT2D eigenvalue weighted by atomic mass is 17.5. The summed E-state index contributed by atoms with van der Waals surface area (Å²) in [6, 6.07) is 0. The Hall–Kier alpha value is -1.58. The highest BCUT2D eigenvalue weighted by Crippen LogP contribution is 1.50. The van der Waals surface area contributed by atoms with Gasteiger partial charge in [-0.2, -0.15) is 0 Å². The Labute approximate surface area is 65.9 Å². The lowest BCUT2D eigenvalue weighted by atomic mass is 11.5. The smallest absolute Gasteiger partial charge is 0.450 e. The average molecular weight is 188 g/mol. The van der Waals surface area contributed by atoms with E-state index in [-0.39, 0.29) is 0 Å². The van der Waals surface area contributed by atoms with Crippen molar-refractivity contribution in [3.05, 3.63) is 0 Å². The molecule has 9 nitrogen and oxygen atoms in total. The minimum atomic E-state index is -1.83. The van der Waals surface area contributed by atoms with Crippen molar-refractivity contribution in [1.82, 2.24) is 0 Å². The van der Waals surface area contributed by atoms with Crippen LogP contribution in [0.3, 0.4) is 0 Å². The highest BCUT2D eigenvalue weighted by molar-refractivity contribution is 5.53. The first-order valence-corrected chi connectivity index (χ1v) is 2.06. The molecule has 12 heavy (non-hydrogen) atoms. The van der Waals surface area contributed by atoms with Crippen molar-refractivity contribution in [1.29, 1.82) is 0 Å². The molecule has 0 aromatic heterocycles. The molecule has 0 saturated heterocycles. The third kappa shape index (κ3) is 1380. The molecule has 74 valence electrons. The second-order valence-electron chi connectivity index (χ2n) is 0.806. The van der Waals surface area contributed by atoms with Crippen LogP contribution in [0.25, 0.3) is 0 Å². The van der Waals surface area contributed by atoms with Gasteiger partial charge in [0.1, 0.15) is 0 Å². The topological polar surface area (TPSA) is 154 Å². The molecule has 5 N–H and O–H groups in total. The fourth-order valence-electron chi connectivity index (χ4n) is 0. The van der Waals surface area contributed by atoms with Gasteiger partial charge in [0.15, 0.2) is 0 Å².